The van der Waals surface area contributed by atoms with Gasteiger partial charge < -0.3 is 19.1 Å². The Bertz CT molecular complexity index is 1230. The molecule has 4 aliphatic heterocycles. The first kappa shape index (κ1) is 21.4. The second-order valence-electron chi connectivity index (χ2n) is 11.9. The number of fused-ring (bicyclic) bond motifs is 3. The number of rotatable bonds is 4. The number of nitrogens with zero attached hydrogens (tertiary/aromatic N) is 2. The van der Waals surface area contributed by atoms with Crippen LogP contribution in [0, 0.1) is 11.3 Å². The Labute approximate surface area is 212 Å². The van der Waals surface area contributed by atoms with Gasteiger partial charge in [0.2, 0.25) is 0 Å². The minimum atomic E-state index is -0.241. The van der Waals surface area contributed by atoms with Gasteiger partial charge in [0.1, 0.15) is 11.9 Å². The minimum Gasteiger partial charge on any atom is -0.493 e. The summed E-state index contributed by atoms with van der Waals surface area (Å²) in [6, 6.07) is 14.4. The van der Waals surface area contributed by atoms with Crippen molar-refractivity contribution in [1.82, 2.24) is 9.80 Å². The second kappa shape index (κ2) is 7.41. The topological polar surface area (TPSA) is 51.2 Å². The van der Waals surface area contributed by atoms with Crippen LogP contribution in [0.4, 0.5) is 4.79 Å². The van der Waals surface area contributed by atoms with Gasteiger partial charge in [-0.15, -0.1) is 0 Å². The highest BCUT2D eigenvalue weighted by Gasteiger charge is 2.74. The molecular formula is C30H34N2O4. The SMILES string of the molecule is COc1ccc2c3c1O[C@H]1[C@H]4CC[C@@]5(CCN4C(=O)Oc4ccccc4)[C@@H](C2)N(CC2CC2)CC[C@]315. The van der Waals surface area contributed by atoms with Gasteiger partial charge in [-0.2, -0.15) is 0 Å². The number of carbonyl (C=O) groups excluding carboxylic acids is 1. The molecule has 188 valence electrons. The van der Waals surface area contributed by atoms with E-state index in [0.717, 1.165) is 62.6 Å². The molecule has 0 aromatic heterocycles. The molecule has 2 spiro atoms. The highest BCUT2D eigenvalue weighted by molar-refractivity contribution is 5.72. The molecule has 2 aromatic rings. The van der Waals surface area contributed by atoms with Crippen molar-refractivity contribution in [2.75, 3.05) is 26.7 Å². The number of carbonyl (C=O) groups is 1. The average Bonchev–Trinajstić information content (AvgIpc) is 3.69. The molecule has 3 saturated heterocycles. The predicted octanol–water partition coefficient (Wildman–Crippen LogP) is 4.79. The van der Waals surface area contributed by atoms with Gasteiger partial charge in [-0.3, -0.25) is 4.90 Å². The predicted molar refractivity (Wildman–Crippen MR) is 135 cm³/mol. The van der Waals surface area contributed by atoms with Gasteiger partial charge in [-0.05, 0) is 81.2 Å². The fourth-order valence-electron chi connectivity index (χ4n) is 9.01. The van der Waals surface area contributed by atoms with Gasteiger partial charge in [0.15, 0.2) is 11.5 Å². The first-order valence-electron chi connectivity index (χ1n) is 13.8. The van der Waals surface area contributed by atoms with Gasteiger partial charge in [-0.1, -0.05) is 24.3 Å². The molecule has 4 heterocycles. The smallest absolute Gasteiger partial charge is 0.415 e. The fourth-order valence-corrected chi connectivity index (χ4v) is 9.01. The lowest BCUT2D eigenvalue weighted by atomic mass is 9.42. The Hall–Kier alpha value is -2.73. The van der Waals surface area contributed by atoms with Crippen LogP contribution >= 0.6 is 0 Å². The Morgan fingerprint density at radius 1 is 1.06 bits per heavy atom. The summed E-state index contributed by atoms with van der Waals surface area (Å²) < 4.78 is 18.7. The number of methoxy groups -OCH3 is 1. The fraction of sp³-hybridized carbons (Fsp3) is 0.567. The average molecular weight is 487 g/mol. The van der Waals surface area contributed by atoms with Crippen LogP contribution < -0.4 is 14.2 Å². The van der Waals surface area contributed by atoms with E-state index in [0.29, 0.717) is 11.8 Å². The van der Waals surface area contributed by atoms with E-state index in [-0.39, 0.29) is 29.1 Å². The zero-order valence-electron chi connectivity index (χ0n) is 20.9. The van der Waals surface area contributed by atoms with Crippen molar-refractivity contribution in [2.45, 2.75) is 68.5 Å². The lowest BCUT2D eigenvalue weighted by Crippen LogP contribution is -2.72. The maximum Gasteiger partial charge on any atom is 0.415 e. The van der Waals surface area contributed by atoms with Crippen LogP contribution in [-0.4, -0.2) is 60.8 Å². The summed E-state index contributed by atoms with van der Waals surface area (Å²) in [5, 5.41) is 0. The minimum absolute atomic E-state index is 0.00975. The molecule has 5 fully saturated rings. The summed E-state index contributed by atoms with van der Waals surface area (Å²) in [6.45, 7) is 3.09. The zero-order valence-corrected chi connectivity index (χ0v) is 20.9. The summed E-state index contributed by atoms with van der Waals surface area (Å²) in [4.78, 5) is 18.5. The molecule has 4 bridgehead atoms. The molecular weight excluding hydrogens is 452 g/mol. The van der Waals surface area contributed by atoms with Gasteiger partial charge in [0.25, 0.3) is 0 Å². The largest absolute Gasteiger partial charge is 0.493 e. The number of likely N-dealkylation sites (tertiary alicyclic amines) is 1. The molecule has 9 rings (SSSR count). The van der Waals surface area contributed by atoms with Crippen molar-refractivity contribution >= 4 is 6.09 Å². The number of amides is 1. The van der Waals surface area contributed by atoms with Crippen molar-refractivity contribution in [3.63, 3.8) is 0 Å². The van der Waals surface area contributed by atoms with E-state index in [1.165, 1.54) is 30.5 Å². The van der Waals surface area contributed by atoms with E-state index in [4.69, 9.17) is 14.2 Å². The third kappa shape index (κ3) is 2.64. The number of piperidine rings is 1. The maximum absolute atomic E-state index is 13.6. The highest BCUT2D eigenvalue weighted by Crippen LogP contribution is 2.71. The number of benzene rings is 2. The second-order valence-corrected chi connectivity index (χ2v) is 11.9. The number of hydrogen-bond donors (Lipinski definition) is 0. The van der Waals surface area contributed by atoms with Crippen molar-refractivity contribution in [3.8, 4) is 17.2 Å². The molecule has 7 aliphatic rings. The number of ether oxygens (including phenoxy) is 3. The van der Waals surface area contributed by atoms with E-state index in [2.05, 4.69) is 17.0 Å². The van der Waals surface area contributed by atoms with Crippen molar-refractivity contribution in [3.05, 3.63) is 53.6 Å². The molecule has 0 N–H and O–H groups in total. The van der Waals surface area contributed by atoms with Crippen LogP contribution in [-0.2, 0) is 11.8 Å². The Morgan fingerprint density at radius 2 is 1.92 bits per heavy atom. The van der Waals surface area contributed by atoms with Gasteiger partial charge in [0, 0.05) is 35.5 Å². The number of para-hydroxylation sites is 1. The summed E-state index contributed by atoms with van der Waals surface area (Å²) >= 11 is 0. The Kier molecular flexibility index (Phi) is 4.40. The molecule has 6 heteroatoms. The lowest BCUT2D eigenvalue weighted by molar-refractivity contribution is -0.129. The van der Waals surface area contributed by atoms with Crippen molar-refractivity contribution in [2.24, 2.45) is 11.3 Å². The Balaban J connectivity index is 1.25. The normalized spacial score (nSPS) is 35.6. The third-order valence-electron chi connectivity index (χ3n) is 10.6. The molecule has 6 nitrogen and oxygen atoms in total. The van der Waals surface area contributed by atoms with Gasteiger partial charge >= 0.3 is 6.09 Å². The van der Waals surface area contributed by atoms with Crippen LogP contribution in [0.25, 0.3) is 0 Å². The monoisotopic (exact) mass is 486 g/mol. The van der Waals surface area contributed by atoms with E-state index < -0.39 is 0 Å². The molecule has 2 aromatic carbocycles. The van der Waals surface area contributed by atoms with Crippen molar-refractivity contribution < 1.29 is 19.0 Å². The van der Waals surface area contributed by atoms with Crippen LogP contribution in [0.2, 0.25) is 0 Å². The van der Waals surface area contributed by atoms with E-state index in [1.54, 1.807) is 7.11 Å². The van der Waals surface area contributed by atoms with E-state index in [1.807, 2.05) is 35.2 Å². The molecule has 3 aliphatic carbocycles. The quantitative estimate of drug-likeness (QED) is 0.622. The standard InChI is InChI=1S/C30H34N2O4/c1-34-23-10-9-20-17-24-29-12-11-22(32(16-13-29)28(33)35-21-5-3-2-4-6-21)27-30(29,25(20)26(23)36-27)14-15-31(24)18-19-7-8-19/h2-6,9-10,19,22,24,27H,7-8,11-18H2,1H3/t22-,24-,27+,29-,30+/m1/s1. The van der Waals surface area contributed by atoms with Crippen LogP contribution in [0.15, 0.2) is 42.5 Å². The Morgan fingerprint density at radius 3 is 2.72 bits per heavy atom. The lowest BCUT2D eigenvalue weighted by Gasteiger charge is -2.65. The molecule has 2 saturated carbocycles. The molecule has 1 amide bonds. The maximum atomic E-state index is 13.6. The van der Waals surface area contributed by atoms with Crippen molar-refractivity contribution in [1.29, 1.82) is 0 Å². The molecule has 0 radical (unpaired) electrons. The van der Waals surface area contributed by atoms with E-state index in [9.17, 15) is 4.79 Å². The summed E-state index contributed by atoms with van der Waals surface area (Å²) in [6.07, 6.45) is 7.78. The summed E-state index contributed by atoms with van der Waals surface area (Å²) in [5.41, 5.74) is 2.92. The van der Waals surface area contributed by atoms with Gasteiger partial charge in [-0.25, -0.2) is 4.79 Å². The summed E-state index contributed by atoms with van der Waals surface area (Å²) in [5.74, 6) is 3.26. The molecule has 36 heavy (non-hydrogen) atoms. The number of hydrogen-bond acceptors (Lipinski definition) is 5. The van der Waals surface area contributed by atoms with Gasteiger partial charge in [0.05, 0.1) is 13.2 Å². The zero-order chi connectivity index (χ0) is 24.1. The highest BCUT2D eigenvalue weighted by atomic mass is 16.6. The first-order chi connectivity index (χ1) is 17.6. The van der Waals surface area contributed by atoms with Crippen LogP contribution in [0.3, 0.4) is 0 Å². The third-order valence-corrected chi connectivity index (χ3v) is 10.6. The molecule has 5 atom stereocenters. The molecule has 0 unspecified atom stereocenters. The van der Waals surface area contributed by atoms with Crippen LogP contribution in [0.1, 0.15) is 49.7 Å². The summed E-state index contributed by atoms with van der Waals surface area (Å²) in [7, 11) is 1.74. The first-order valence-corrected chi connectivity index (χ1v) is 13.8. The van der Waals surface area contributed by atoms with Crippen LogP contribution in [0.5, 0.6) is 17.2 Å². The van der Waals surface area contributed by atoms with E-state index >= 15 is 0 Å².